The first-order valence-corrected chi connectivity index (χ1v) is 7.59. The van der Waals surface area contributed by atoms with Gasteiger partial charge in [0.15, 0.2) is 0 Å². The number of hydrazine groups is 1. The van der Waals surface area contributed by atoms with E-state index < -0.39 is 10.3 Å². The molecule has 1 heterocycles. The maximum atomic E-state index is 11.9. The highest BCUT2D eigenvalue weighted by Gasteiger charge is 2.38. The Bertz CT molecular complexity index is 617. The molecule has 3 rings (SSSR count). The van der Waals surface area contributed by atoms with Crippen LogP contribution in [0.2, 0.25) is 0 Å². The Morgan fingerprint density at radius 1 is 1.43 bits per heavy atom. The smallest absolute Gasteiger partial charge is 0.269 e. The van der Waals surface area contributed by atoms with Crippen LogP contribution in [-0.2, 0) is 9.59 Å². The van der Waals surface area contributed by atoms with Crippen LogP contribution in [0.15, 0.2) is 24.3 Å². The lowest BCUT2D eigenvalue weighted by Gasteiger charge is -2.24. The third-order valence-corrected chi connectivity index (χ3v) is 4.63. The van der Waals surface area contributed by atoms with Crippen molar-refractivity contribution in [3.05, 3.63) is 39.9 Å². The van der Waals surface area contributed by atoms with Crippen LogP contribution in [0.25, 0.3) is 0 Å². The highest BCUT2D eigenvalue weighted by Crippen LogP contribution is 2.39. The number of nitro benzene ring substituents is 1. The fraction of sp³-hybridized carbons (Fsp3) is 0.385. The zero-order valence-corrected chi connectivity index (χ0v) is 11.8. The number of thioether (sulfide) groups is 1. The summed E-state index contributed by atoms with van der Waals surface area (Å²) in [5.74, 6) is -0.0980. The van der Waals surface area contributed by atoms with Crippen LogP contribution in [0.4, 0.5) is 5.69 Å². The second-order valence-electron chi connectivity index (χ2n) is 5.03. The van der Waals surface area contributed by atoms with Crippen molar-refractivity contribution in [2.45, 2.75) is 18.2 Å². The molecule has 1 saturated heterocycles. The Balaban J connectivity index is 1.82. The molecule has 2 fully saturated rings. The van der Waals surface area contributed by atoms with E-state index in [0.717, 1.165) is 12.8 Å². The third-order valence-electron chi connectivity index (χ3n) is 3.41. The van der Waals surface area contributed by atoms with Crippen molar-refractivity contribution in [1.29, 1.82) is 0 Å². The first-order chi connectivity index (χ1) is 10.1. The summed E-state index contributed by atoms with van der Waals surface area (Å²) < 4.78 is 0. The van der Waals surface area contributed by atoms with Crippen molar-refractivity contribution in [1.82, 2.24) is 10.4 Å². The van der Waals surface area contributed by atoms with Crippen LogP contribution >= 0.6 is 11.8 Å². The molecule has 2 aliphatic rings. The van der Waals surface area contributed by atoms with Gasteiger partial charge in [-0.3, -0.25) is 25.1 Å². The van der Waals surface area contributed by atoms with E-state index in [1.807, 2.05) is 0 Å². The molecule has 0 aromatic heterocycles. The minimum Gasteiger partial charge on any atom is -0.273 e. The lowest BCUT2D eigenvalue weighted by Crippen LogP contribution is -2.45. The number of rotatable bonds is 4. The van der Waals surface area contributed by atoms with Crippen molar-refractivity contribution in [3.63, 3.8) is 0 Å². The average molecular weight is 307 g/mol. The Morgan fingerprint density at radius 2 is 2.19 bits per heavy atom. The van der Waals surface area contributed by atoms with E-state index in [9.17, 15) is 19.7 Å². The van der Waals surface area contributed by atoms with Crippen molar-refractivity contribution in [3.8, 4) is 0 Å². The monoisotopic (exact) mass is 307 g/mol. The number of non-ortho nitro benzene ring substituents is 1. The van der Waals surface area contributed by atoms with Gasteiger partial charge in [-0.2, -0.15) is 0 Å². The maximum Gasteiger partial charge on any atom is 0.269 e. The Labute approximate surface area is 124 Å². The molecule has 0 spiro atoms. The molecule has 1 N–H and O–H groups in total. The number of carbonyl (C=O) groups excluding carboxylic acids is 2. The van der Waals surface area contributed by atoms with Crippen LogP contribution < -0.4 is 5.43 Å². The van der Waals surface area contributed by atoms with Gasteiger partial charge in [0.1, 0.15) is 5.37 Å². The fourth-order valence-electron chi connectivity index (χ4n) is 2.14. The van der Waals surface area contributed by atoms with Gasteiger partial charge >= 0.3 is 0 Å². The minimum atomic E-state index is -0.474. The van der Waals surface area contributed by atoms with Crippen LogP contribution in [-0.4, -0.2) is 27.5 Å². The third kappa shape index (κ3) is 2.85. The quantitative estimate of drug-likeness (QED) is 0.674. The topological polar surface area (TPSA) is 92.6 Å². The van der Waals surface area contributed by atoms with Crippen molar-refractivity contribution in [2.75, 3.05) is 5.75 Å². The van der Waals surface area contributed by atoms with E-state index in [2.05, 4.69) is 5.43 Å². The number of nitrogens with zero attached hydrogens (tertiary/aromatic N) is 2. The summed E-state index contributed by atoms with van der Waals surface area (Å²) in [6, 6.07) is 6.14. The summed E-state index contributed by atoms with van der Waals surface area (Å²) in [4.78, 5) is 34.1. The van der Waals surface area contributed by atoms with Crippen LogP contribution in [0.3, 0.4) is 0 Å². The molecule has 1 aromatic rings. The number of amides is 2. The molecule has 1 atom stereocenters. The highest BCUT2D eigenvalue weighted by molar-refractivity contribution is 8.00. The molecular formula is C13H13N3O4S. The molecular weight excluding hydrogens is 294 g/mol. The molecule has 8 heteroatoms. The van der Waals surface area contributed by atoms with Gasteiger partial charge < -0.3 is 0 Å². The van der Waals surface area contributed by atoms with Crippen molar-refractivity contribution >= 4 is 29.3 Å². The van der Waals surface area contributed by atoms with E-state index in [1.165, 1.54) is 28.9 Å². The maximum absolute atomic E-state index is 11.9. The summed E-state index contributed by atoms with van der Waals surface area (Å²) >= 11 is 1.35. The number of hydrogen-bond acceptors (Lipinski definition) is 5. The summed E-state index contributed by atoms with van der Waals surface area (Å²) in [5.41, 5.74) is 3.25. The van der Waals surface area contributed by atoms with Crippen LogP contribution in [0, 0.1) is 16.0 Å². The Morgan fingerprint density at radius 3 is 2.86 bits per heavy atom. The van der Waals surface area contributed by atoms with E-state index in [0.29, 0.717) is 5.56 Å². The van der Waals surface area contributed by atoms with Crippen LogP contribution in [0.5, 0.6) is 0 Å². The van der Waals surface area contributed by atoms with Crippen LogP contribution in [0.1, 0.15) is 23.8 Å². The number of carbonyl (C=O) groups is 2. The number of benzene rings is 1. The predicted molar refractivity (Wildman–Crippen MR) is 76.0 cm³/mol. The molecule has 0 radical (unpaired) electrons. The van der Waals surface area contributed by atoms with Gasteiger partial charge in [-0.15, -0.1) is 11.8 Å². The summed E-state index contributed by atoms with van der Waals surface area (Å²) in [6.45, 7) is 0. The number of nitrogens with one attached hydrogen (secondary N) is 1. The van der Waals surface area contributed by atoms with Gasteiger partial charge in [-0.1, -0.05) is 12.1 Å². The normalized spacial score (nSPS) is 21.4. The number of nitro groups is 1. The van der Waals surface area contributed by atoms with Gasteiger partial charge in [0.25, 0.3) is 11.6 Å². The SMILES string of the molecule is O=C(NN1C(=O)CSC1c1cccc([N+](=O)[O-])c1)C1CC1. The lowest BCUT2D eigenvalue weighted by atomic mass is 10.2. The van der Waals surface area contributed by atoms with Gasteiger partial charge in [0, 0.05) is 18.1 Å². The van der Waals surface area contributed by atoms with Gasteiger partial charge in [-0.05, 0) is 18.4 Å². The van der Waals surface area contributed by atoms with Gasteiger partial charge in [0.2, 0.25) is 5.91 Å². The number of hydrogen-bond donors (Lipinski definition) is 1. The van der Waals surface area contributed by atoms with E-state index in [1.54, 1.807) is 12.1 Å². The average Bonchev–Trinajstić information content (AvgIpc) is 3.26. The zero-order chi connectivity index (χ0) is 15.0. The van der Waals surface area contributed by atoms with Crippen molar-refractivity contribution < 1.29 is 14.5 Å². The Hall–Kier alpha value is -2.09. The van der Waals surface area contributed by atoms with E-state index in [4.69, 9.17) is 0 Å². The second kappa shape index (κ2) is 5.36. The highest BCUT2D eigenvalue weighted by atomic mass is 32.2. The molecule has 1 aliphatic heterocycles. The molecule has 21 heavy (non-hydrogen) atoms. The summed E-state index contributed by atoms with van der Waals surface area (Å²) in [5, 5.41) is 11.7. The van der Waals surface area contributed by atoms with Crippen molar-refractivity contribution in [2.24, 2.45) is 5.92 Å². The lowest BCUT2D eigenvalue weighted by molar-refractivity contribution is -0.384. The van der Waals surface area contributed by atoms with Gasteiger partial charge in [-0.25, -0.2) is 5.01 Å². The zero-order valence-electron chi connectivity index (χ0n) is 11.0. The molecule has 2 amide bonds. The first kappa shape index (κ1) is 13.9. The largest absolute Gasteiger partial charge is 0.273 e. The molecule has 0 bridgehead atoms. The second-order valence-corrected chi connectivity index (χ2v) is 6.10. The minimum absolute atomic E-state index is 0.00541. The summed E-state index contributed by atoms with van der Waals surface area (Å²) in [7, 11) is 0. The molecule has 110 valence electrons. The van der Waals surface area contributed by atoms with E-state index in [-0.39, 0.29) is 29.2 Å². The molecule has 1 unspecified atom stereocenters. The summed E-state index contributed by atoms with van der Waals surface area (Å²) in [6.07, 6.45) is 1.70. The molecule has 7 nitrogen and oxygen atoms in total. The molecule has 1 aromatic carbocycles. The fourth-order valence-corrected chi connectivity index (χ4v) is 3.24. The molecule has 1 aliphatic carbocycles. The standard InChI is InChI=1S/C13H13N3O4S/c17-11-7-21-13(15(11)14-12(18)8-4-5-8)9-2-1-3-10(6-9)16(19)20/h1-3,6,8,13H,4-5,7H2,(H,14,18). The molecule has 1 saturated carbocycles. The first-order valence-electron chi connectivity index (χ1n) is 6.55. The van der Waals surface area contributed by atoms with Gasteiger partial charge in [0.05, 0.1) is 10.7 Å². The van der Waals surface area contributed by atoms with E-state index >= 15 is 0 Å². The Kier molecular flexibility index (Phi) is 3.54. The predicted octanol–water partition coefficient (Wildman–Crippen LogP) is 1.61.